The van der Waals surface area contributed by atoms with Crippen LogP contribution in [0.4, 0.5) is 0 Å². The molecule has 4 heterocycles. The summed E-state index contributed by atoms with van der Waals surface area (Å²) in [4.78, 5) is 6.32. The first-order valence-electron chi connectivity index (χ1n) is 7.46. The van der Waals surface area contributed by atoms with Crippen molar-refractivity contribution in [3.8, 4) is 11.4 Å². The third-order valence-electron chi connectivity index (χ3n) is 3.65. The molecule has 1 N–H and O–H groups in total. The molecule has 0 fully saturated rings. The van der Waals surface area contributed by atoms with E-state index in [1.165, 1.54) is 0 Å². The van der Waals surface area contributed by atoms with Gasteiger partial charge in [0.15, 0.2) is 0 Å². The van der Waals surface area contributed by atoms with Crippen LogP contribution in [0, 0.1) is 6.92 Å². The molecule has 2 aliphatic heterocycles. The first kappa shape index (κ1) is 14.1. The van der Waals surface area contributed by atoms with Gasteiger partial charge in [0.25, 0.3) is 0 Å². The van der Waals surface area contributed by atoms with Gasteiger partial charge in [-0.25, -0.2) is 0 Å². The number of fused-ring (bicyclic) bond motifs is 1. The largest absolute Gasteiger partial charge is 0.316 e. The van der Waals surface area contributed by atoms with Crippen LogP contribution in [0.3, 0.4) is 0 Å². The van der Waals surface area contributed by atoms with E-state index in [0.29, 0.717) is 0 Å². The van der Waals surface area contributed by atoms with E-state index in [1.54, 1.807) is 16.9 Å². The van der Waals surface area contributed by atoms with E-state index in [1.807, 2.05) is 44.4 Å². The average Bonchev–Trinajstić information content (AvgIpc) is 3.20. The summed E-state index contributed by atoms with van der Waals surface area (Å²) in [5.74, 6) is 0. The fourth-order valence-corrected chi connectivity index (χ4v) is 3.14. The quantitative estimate of drug-likeness (QED) is 0.876. The summed E-state index contributed by atoms with van der Waals surface area (Å²) < 4.78 is 5.21. The lowest BCUT2D eigenvalue weighted by atomic mass is 10.1. The first-order valence-corrected chi connectivity index (χ1v) is 8.23. The minimum absolute atomic E-state index is 0.724. The van der Waals surface area contributed by atoms with Gasteiger partial charge in [-0.15, -0.1) is 0 Å². The predicted octanol–water partition coefficient (Wildman–Crippen LogP) is 2.89. The Hall–Kier alpha value is -2.54. The molecular weight excluding hydrogens is 308 g/mol. The average molecular weight is 324 g/mol. The number of hydrogen-bond acceptors (Lipinski definition) is 6. The van der Waals surface area contributed by atoms with Gasteiger partial charge >= 0.3 is 0 Å². The number of nitrogens with one attached hydrogen (secondary N) is 1. The Labute approximate surface area is 138 Å². The lowest BCUT2D eigenvalue weighted by Gasteiger charge is -2.16. The molecule has 6 nitrogen and oxygen atoms in total. The molecule has 0 spiro atoms. The molecular formula is C16H16N6S. The van der Waals surface area contributed by atoms with Crippen molar-refractivity contribution in [3.63, 3.8) is 0 Å². The Balaban J connectivity index is 1.83. The fraction of sp³-hybridized carbons (Fsp3) is 0.188. The standard InChI is InChI=1S/C16H16N6S/c1-3-22-19-15(12-7-8-21-13(9-12)10-17-23-21)16(20-22)14-6-4-5-11(2)18-14/h4-10,17H,3H2,1-2H3. The van der Waals surface area contributed by atoms with E-state index in [-0.39, 0.29) is 0 Å². The molecule has 0 unspecified atom stereocenters. The summed E-state index contributed by atoms with van der Waals surface area (Å²) in [6, 6.07) is 5.96. The van der Waals surface area contributed by atoms with Crippen LogP contribution >= 0.6 is 12.1 Å². The van der Waals surface area contributed by atoms with Gasteiger partial charge in [-0.05, 0) is 38.1 Å². The Kier molecular flexibility index (Phi) is 3.42. The van der Waals surface area contributed by atoms with E-state index >= 15 is 0 Å². The highest BCUT2D eigenvalue weighted by Crippen LogP contribution is 2.33. The van der Waals surface area contributed by atoms with Crippen molar-refractivity contribution in [2.24, 2.45) is 0 Å². The predicted molar refractivity (Wildman–Crippen MR) is 91.4 cm³/mol. The maximum absolute atomic E-state index is 4.65. The van der Waals surface area contributed by atoms with E-state index in [0.717, 1.165) is 40.6 Å². The molecule has 0 radical (unpaired) electrons. The number of pyridine rings is 1. The lowest BCUT2D eigenvalue weighted by molar-refractivity contribution is 0.569. The molecule has 0 atom stereocenters. The normalized spacial score (nSPS) is 16.0. The van der Waals surface area contributed by atoms with E-state index in [4.69, 9.17) is 0 Å². The minimum Gasteiger partial charge on any atom is -0.316 e. The van der Waals surface area contributed by atoms with E-state index in [9.17, 15) is 0 Å². The van der Waals surface area contributed by atoms with Crippen LogP contribution < -0.4 is 4.72 Å². The zero-order valence-corrected chi connectivity index (χ0v) is 13.7. The van der Waals surface area contributed by atoms with Gasteiger partial charge in [0, 0.05) is 23.7 Å². The second-order valence-corrected chi connectivity index (χ2v) is 6.08. The van der Waals surface area contributed by atoms with Crippen LogP contribution in [-0.4, -0.2) is 24.3 Å². The van der Waals surface area contributed by atoms with Crippen molar-refractivity contribution in [3.05, 3.63) is 59.8 Å². The van der Waals surface area contributed by atoms with E-state index < -0.39 is 0 Å². The Morgan fingerprint density at radius 1 is 1.22 bits per heavy atom. The first-order chi connectivity index (χ1) is 11.2. The van der Waals surface area contributed by atoms with E-state index in [2.05, 4.69) is 36.4 Å². The van der Waals surface area contributed by atoms with Crippen LogP contribution in [0.5, 0.6) is 0 Å². The lowest BCUT2D eigenvalue weighted by Crippen LogP contribution is -2.06. The molecule has 2 aromatic heterocycles. The van der Waals surface area contributed by atoms with Crippen molar-refractivity contribution >= 4 is 17.7 Å². The molecule has 116 valence electrons. The van der Waals surface area contributed by atoms with Crippen molar-refractivity contribution in [1.29, 1.82) is 0 Å². The van der Waals surface area contributed by atoms with Crippen molar-refractivity contribution in [2.45, 2.75) is 20.4 Å². The van der Waals surface area contributed by atoms with Gasteiger partial charge in [-0.1, -0.05) is 6.07 Å². The van der Waals surface area contributed by atoms with Crippen LogP contribution in [0.25, 0.3) is 17.0 Å². The molecule has 4 rings (SSSR count). The molecule has 2 aromatic rings. The van der Waals surface area contributed by atoms with Crippen LogP contribution in [0.15, 0.2) is 48.4 Å². The number of aryl methyl sites for hydroxylation is 2. The van der Waals surface area contributed by atoms with Crippen LogP contribution in [-0.2, 0) is 6.54 Å². The van der Waals surface area contributed by atoms with Gasteiger partial charge in [-0.2, -0.15) is 15.0 Å². The molecule has 0 amide bonds. The molecule has 0 aromatic carbocycles. The Morgan fingerprint density at radius 3 is 2.91 bits per heavy atom. The van der Waals surface area contributed by atoms with Crippen molar-refractivity contribution in [2.75, 3.05) is 0 Å². The number of hydrogen-bond donors (Lipinski definition) is 1. The highest BCUT2D eigenvalue weighted by Gasteiger charge is 2.22. The Morgan fingerprint density at radius 2 is 2.09 bits per heavy atom. The molecule has 7 heteroatoms. The van der Waals surface area contributed by atoms with Gasteiger partial charge in [0.1, 0.15) is 11.4 Å². The number of aromatic nitrogens is 4. The van der Waals surface area contributed by atoms with Gasteiger partial charge in [-0.3, -0.25) is 9.29 Å². The summed E-state index contributed by atoms with van der Waals surface area (Å²) in [6.45, 7) is 4.74. The third-order valence-corrected chi connectivity index (χ3v) is 4.40. The Bertz CT molecular complexity index is 848. The summed E-state index contributed by atoms with van der Waals surface area (Å²) in [7, 11) is 0. The SMILES string of the molecule is CCn1nc(C2=CC3=CNSN3C=C2)c(-c2cccc(C)n2)n1. The molecule has 0 saturated carbocycles. The zero-order chi connectivity index (χ0) is 15.8. The van der Waals surface area contributed by atoms with Gasteiger partial charge in [0.2, 0.25) is 0 Å². The smallest absolute Gasteiger partial charge is 0.139 e. The highest BCUT2D eigenvalue weighted by atomic mass is 32.2. The number of allylic oxidation sites excluding steroid dienone is 3. The topological polar surface area (TPSA) is 58.9 Å². The number of rotatable bonds is 3. The summed E-state index contributed by atoms with van der Waals surface area (Å²) in [6.07, 6.45) is 8.17. The monoisotopic (exact) mass is 324 g/mol. The molecule has 2 aliphatic rings. The number of nitrogens with zero attached hydrogens (tertiary/aromatic N) is 5. The maximum Gasteiger partial charge on any atom is 0.139 e. The molecule has 0 saturated heterocycles. The zero-order valence-electron chi connectivity index (χ0n) is 12.9. The van der Waals surface area contributed by atoms with Gasteiger partial charge < -0.3 is 4.72 Å². The second-order valence-electron chi connectivity index (χ2n) is 5.27. The minimum atomic E-state index is 0.724. The van der Waals surface area contributed by atoms with Crippen LogP contribution in [0.1, 0.15) is 18.3 Å². The molecule has 0 bridgehead atoms. The van der Waals surface area contributed by atoms with Gasteiger partial charge in [0.05, 0.1) is 30.1 Å². The van der Waals surface area contributed by atoms with Crippen LogP contribution in [0.2, 0.25) is 0 Å². The summed E-state index contributed by atoms with van der Waals surface area (Å²) in [5.41, 5.74) is 5.64. The fourth-order valence-electron chi connectivity index (χ4n) is 2.52. The maximum atomic E-state index is 4.65. The van der Waals surface area contributed by atoms with Crippen molar-refractivity contribution in [1.82, 2.24) is 29.0 Å². The molecule has 0 aliphatic carbocycles. The third kappa shape index (κ3) is 2.53. The summed E-state index contributed by atoms with van der Waals surface area (Å²) in [5, 5.41) is 9.26. The summed E-state index contributed by atoms with van der Waals surface area (Å²) >= 11 is 1.54. The van der Waals surface area contributed by atoms with Crippen molar-refractivity contribution < 1.29 is 0 Å². The second kappa shape index (κ2) is 5.58. The molecule has 23 heavy (non-hydrogen) atoms. The highest BCUT2D eigenvalue weighted by molar-refractivity contribution is 7.95.